The molecule has 0 aliphatic heterocycles. The number of carbonyl (C=O) groups is 2. The molecule has 176 valence electrons. The van der Waals surface area contributed by atoms with Gasteiger partial charge in [-0.05, 0) is 50.5 Å². The molecule has 1 atom stereocenters. The smallest absolute Gasteiger partial charge is 0.269 e. The maximum Gasteiger partial charge on any atom is 0.269 e. The van der Waals surface area contributed by atoms with Crippen LogP contribution in [0.2, 0.25) is 0 Å². The van der Waals surface area contributed by atoms with Crippen LogP contribution in [0, 0.1) is 6.92 Å². The molecule has 1 unspecified atom stereocenters. The fourth-order valence-corrected chi connectivity index (χ4v) is 4.08. The molecule has 34 heavy (non-hydrogen) atoms. The Balaban J connectivity index is 1.47. The topological polar surface area (TPSA) is 93.3 Å². The highest BCUT2D eigenvalue weighted by Crippen LogP contribution is 2.18. The van der Waals surface area contributed by atoms with E-state index in [2.05, 4.69) is 15.4 Å². The van der Waals surface area contributed by atoms with Crippen LogP contribution in [0.5, 0.6) is 0 Å². The van der Waals surface area contributed by atoms with Gasteiger partial charge in [0.1, 0.15) is 5.69 Å². The molecule has 0 saturated carbocycles. The summed E-state index contributed by atoms with van der Waals surface area (Å²) in [5.41, 5.74) is 3.48. The third-order valence-electron chi connectivity index (χ3n) is 5.93. The molecule has 0 fully saturated rings. The van der Waals surface area contributed by atoms with E-state index < -0.39 is 0 Å². The van der Waals surface area contributed by atoms with Crippen LogP contribution >= 0.6 is 0 Å². The molecule has 3 heterocycles. The highest BCUT2D eigenvalue weighted by molar-refractivity contribution is 5.96. The van der Waals surface area contributed by atoms with E-state index in [0.29, 0.717) is 42.9 Å². The van der Waals surface area contributed by atoms with Gasteiger partial charge < -0.3 is 14.6 Å². The number of fused-ring (bicyclic) bond motifs is 1. The largest absolute Gasteiger partial charge is 0.446 e. The van der Waals surface area contributed by atoms with Crippen LogP contribution in [-0.4, -0.2) is 51.1 Å². The number of hydrogen-bond donors (Lipinski definition) is 1. The normalized spacial score (nSPS) is 12.0. The molecule has 3 aromatic heterocycles. The molecule has 8 heteroatoms. The summed E-state index contributed by atoms with van der Waals surface area (Å²) in [5, 5.41) is 8.12. The van der Waals surface area contributed by atoms with Crippen molar-refractivity contribution in [2.75, 3.05) is 13.6 Å². The summed E-state index contributed by atoms with van der Waals surface area (Å²) < 4.78 is 6.98. The zero-order chi connectivity index (χ0) is 24.1. The summed E-state index contributed by atoms with van der Waals surface area (Å²) in [6.45, 7) is 4.88. The number of rotatable bonds is 9. The first-order valence-electron chi connectivity index (χ1n) is 11.4. The van der Waals surface area contributed by atoms with E-state index in [4.69, 9.17) is 4.42 Å². The monoisotopic (exact) mass is 459 g/mol. The molecule has 0 bridgehead atoms. The highest BCUT2D eigenvalue weighted by Gasteiger charge is 2.23. The van der Waals surface area contributed by atoms with E-state index in [9.17, 15) is 9.59 Å². The Morgan fingerprint density at radius 2 is 1.97 bits per heavy atom. The predicted molar refractivity (Wildman–Crippen MR) is 130 cm³/mol. The molecular weight excluding hydrogens is 430 g/mol. The number of carbonyl (C=O) groups excluding carboxylic acids is 2. The van der Waals surface area contributed by atoms with E-state index in [1.165, 1.54) is 0 Å². The Morgan fingerprint density at radius 1 is 1.18 bits per heavy atom. The third-order valence-corrected chi connectivity index (χ3v) is 5.93. The summed E-state index contributed by atoms with van der Waals surface area (Å²) in [6, 6.07) is 15.3. The number of aryl methyl sites for hydroxylation is 2. The van der Waals surface area contributed by atoms with Crippen LogP contribution in [0.25, 0.3) is 11.1 Å². The average Bonchev–Trinajstić information content (AvgIpc) is 3.48. The maximum absolute atomic E-state index is 13.3. The Bertz CT molecular complexity index is 1280. The lowest BCUT2D eigenvalue weighted by atomic mass is 10.0. The van der Waals surface area contributed by atoms with Gasteiger partial charge in [0.2, 0.25) is 5.71 Å². The van der Waals surface area contributed by atoms with Gasteiger partial charge in [-0.1, -0.05) is 30.3 Å². The van der Waals surface area contributed by atoms with Gasteiger partial charge in [-0.3, -0.25) is 14.3 Å². The standard InChI is InChI=1S/C26H29N5O3/c1-4-31-23(14-18(2)29-31)24(32)27-12-10-22(15-19-8-6-5-7-9-19)30(3)26(33)21-16-20-11-13-34-25(20)28-17-21/h5-9,11,13-14,16-17,22H,4,10,12,15H2,1-3H3,(H,27,32). The van der Waals surface area contributed by atoms with Crippen molar-refractivity contribution in [3.63, 3.8) is 0 Å². The van der Waals surface area contributed by atoms with Gasteiger partial charge in [-0.2, -0.15) is 5.10 Å². The fraction of sp³-hybridized carbons (Fsp3) is 0.308. The Kier molecular flexibility index (Phi) is 7.06. The summed E-state index contributed by atoms with van der Waals surface area (Å²) in [6.07, 6.45) is 4.37. The number of aromatic nitrogens is 3. The van der Waals surface area contributed by atoms with Gasteiger partial charge in [-0.15, -0.1) is 0 Å². The van der Waals surface area contributed by atoms with Crippen LogP contribution in [-0.2, 0) is 13.0 Å². The number of nitrogens with zero attached hydrogens (tertiary/aromatic N) is 4. The van der Waals surface area contributed by atoms with E-state index >= 15 is 0 Å². The highest BCUT2D eigenvalue weighted by atomic mass is 16.3. The second-order valence-corrected chi connectivity index (χ2v) is 8.33. The molecule has 8 nitrogen and oxygen atoms in total. The lowest BCUT2D eigenvalue weighted by Crippen LogP contribution is -2.41. The number of furan rings is 1. The molecule has 0 saturated heterocycles. The lowest BCUT2D eigenvalue weighted by Gasteiger charge is -2.29. The molecule has 1 N–H and O–H groups in total. The van der Waals surface area contributed by atoms with Gasteiger partial charge in [0.25, 0.3) is 11.8 Å². The van der Waals surface area contributed by atoms with Gasteiger partial charge in [0, 0.05) is 37.8 Å². The van der Waals surface area contributed by atoms with E-state index in [1.807, 2.05) is 44.2 Å². The first kappa shape index (κ1) is 23.2. The summed E-state index contributed by atoms with van der Waals surface area (Å²) >= 11 is 0. The van der Waals surface area contributed by atoms with Crippen molar-refractivity contribution >= 4 is 22.9 Å². The fourth-order valence-electron chi connectivity index (χ4n) is 4.08. The Morgan fingerprint density at radius 3 is 2.74 bits per heavy atom. The van der Waals surface area contributed by atoms with Gasteiger partial charge in [-0.25, -0.2) is 4.98 Å². The second-order valence-electron chi connectivity index (χ2n) is 8.33. The molecule has 4 rings (SSSR count). The molecule has 2 amide bonds. The number of benzene rings is 1. The first-order valence-corrected chi connectivity index (χ1v) is 11.4. The van der Waals surface area contributed by atoms with Crippen molar-refractivity contribution in [3.05, 3.63) is 83.5 Å². The van der Waals surface area contributed by atoms with E-state index in [1.54, 1.807) is 47.3 Å². The number of pyridine rings is 1. The first-order chi connectivity index (χ1) is 16.5. The Hall–Kier alpha value is -3.94. The summed E-state index contributed by atoms with van der Waals surface area (Å²) in [4.78, 5) is 32.0. The van der Waals surface area contributed by atoms with Crippen LogP contribution in [0.1, 0.15) is 45.4 Å². The molecule has 0 aliphatic rings. The number of amides is 2. The van der Waals surface area contributed by atoms with Crippen molar-refractivity contribution in [1.29, 1.82) is 0 Å². The Labute approximate surface area is 198 Å². The molecule has 0 aliphatic carbocycles. The lowest BCUT2D eigenvalue weighted by molar-refractivity contribution is 0.0722. The zero-order valence-corrected chi connectivity index (χ0v) is 19.7. The summed E-state index contributed by atoms with van der Waals surface area (Å²) in [7, 11) is 1.80. The maximum atomic E-state index is 13.3. The van der Waals surface area contributed by atoms with Crippen molar-refractivity contribution in [1.82, 2.24) is 25.0 Å². The molecule has 4 aromatic rings. The predicted octanol–water partition coefficient (Wildman–Crippen LogP) is 3.86. The third kappa shape index (κ3) is 5.17. The SMILES string of the molecule is CCn1nc(C)cc1C(=O)NCCC(Cc1ccccc1)N(C)C(=O)c1cnc2occc2c1. The van der Waals surface area contributed by atoms with Crippen molar-refractivity contribution < 1.29 is 14.0 Å². The number of likely N-dealkylation sites (N-methyl/N-ethyl adjacent to an activating group) is 1. The molecule has 0 spiro atoms. The van der Waals surface area contributed by atoms with Crippen LogP contribution < -0.4 is 5.32 Å². The van der Waals surface area contributed by atoms with Crippen LogP contribution in [0.4, 0.5) is 0 Å². The number of nitrogens with one attached hydrogen (secondary N) is 1. The minimum Gasteiger partial charge on any atom is -0.446 e. The molecule has 0 radical (unpaired) electrons. The molecule has 1 aromatic carbocycles. The van der Waals surface area contributed by atoms with Crippen LogP contribution in [0.3, 0.4) is 0 Å². The van der Waals surface area contributed by atoms with Crippen molar-refractivity contribution in [2.45, 2.75) is 39.3 Å². The average molecular weight is 460 g/mol. The van der Waals surface area contributed by atoms with Crippen LogP contribution in [0.15, 0.2) is 65.4 Å². The quantitative estimate of drug-likeness (QED) is 0.410. The van der Waals surface area contributed by atoms with E-state index in [0.717, 1.165) is 16.6 Å². The zero-order valence-electron chi connectivity index (χ0n) is 19.7. The van der Waals surface area contributed by atoms with Crippen molar-refractivity contribution in [3.8, 4) is 0 Å². The van der Waals surface area contributed by atoms with Gasteiger partial charge in [0.05, 0.1) is 17.5 Å². The second kappa shape index (κ2) is 10.3. The van der Waals surface area contributed by atoms with E-state index in [-0.39, 0.29) is 17.9 Å². The van der Waals surface area contributed by atoms with Gasteiger partial charge in [0.15, 0.2) is 0 Å². The minimum absolute atomic E-state index is 0.118. The minimum atomic E-state index is -0.162. The van der Waals surface area contributed by atoms with Crippen molar-refractivity contribution in [2.24, 2.45) is 0 Å². The number of hydrogen-bond acceptors (Lipinski definition) is 5. The molecular formula is C26H29N5O3. The summed E-state index contributed by atoms with van der Waals surface area (Å²) in [5.74, 6) is -0.285. The van der Waals surface area contributed by atoms with Gasteiger partial charge >= 0.3 is 0 Å².